The van der Waals surface area contributed by atoms with Crippen molar-refractivity contribution >= 4 is 44.9 Å². The molecule has 1 aliphatic heterocycles. The lowest BCUT2D eigenvalue weighted by Crippen LogP contribution is -2.35. The van der Waals surface area contributed by atoms with Crippen LogP contribution >= 0.6 is 23.1 Å². The first-order valence-electron chi connectivity index (χ1n) is 12.5. The van der Waals surface area contributed by atoms with Crippen LogP contribution in [0.3, 0.4) is 0 Å². The van der Waals surface area contributed by atoms with E-state index >= 15 is 0 Å². The predicted molar refractivity (Wildman–Crippen MR) is 150 cm³/mol. The Balaban J connectivity index is 1.48. The van der Waals surface area contributed by atoms with E-state index in [4.69, 9.17) is 4.98 Å². The maximum atomic E-state index is 13.9. The van der Waals surface area contributed by atoms with Crippen molar-refractivity contribution in [1.29, 1.82) is 0 Å². The highest BCUT2D eigenvalue weighted by atomic mass is 32.2. The number of thiophene rings is 1. The van der Waals surface area contributed by atoms with Crippen molar-refractivity contribution in [2.75, 3.05) is 17.6 Å². The molecule has 1 aliphatic rings. The molecule has 4 aromatic rings. The van der Waals surface area contributed by atoms with Crippen molar-refractivity contribution in [3.8, 4) is 5.69 Å². The summed E-state index contributed by atoms with van der Waals surface area (Å²) in [5.41, 5.74) is 1.75. The van der Waals surface area contributed by atoms with Crippen molar-refractivity contribution in [2.45, 2.75) is 51.1 Å². The van der Waals surface area contributed by atoms with E-state index in [-0.39, 0.29) is 17.0 Å². The highest BCUT2D eigenvalue weighted by Gasteiger charge is 2.31. The Morgan fingerprint density at radius 2 is 1.92 bits per heavy atom. The standard InChI is InChI=1S/C28H27F3N4O2S2/c1-16(2)34-12-11-21-22(14-34)39-25-24(21)26(37)35(20-9-7-17(3)8-10-20)27(33-25)38-15-23(36)32-19-6-4-5-18(13-19)28(29,30)31/h4-10,13,16H,11-12,14-15H2,1-3H3,(H,32,36). The lowest BCUT2D eigenvalue weighted by molar-refractivity contribution is -0.137. The van der Waals surface area contributed by atoms with Gasteiger partial charge in [0, 0.05) is 29.7 Å². The van der Waals surface area contributed by atoms with Gasteiger partial charge in [-0.15, -0.1) is 11.3 Å². The van der Waals surface area contributed by atoms with Crippen LogP contribution in [-0.2, 0) is 23.9 Å². The Kier molecular flexibility index (Phi) is 7.58. The van der Waals surface area contributed by atoms with E-state index in [0.717, 1.165) is 59.4 Å². The van der Waals surface area contributed by atoms with Crippen LogP contribution in [0, 0.1) is 6.92 Å². The summed E-state index contributed by atoms with van der Waals surface area (Å²) < 4.78 is 40.7. The molecule has 5 rings (SSSR count). The maximum Gasteiger partial charge on any atom is 0.416 e. The van der Waals surface area contributed by atoms with Gasteiger partial charge in [-0.05, 0) is 63.1 Å². The number of nitrogens with one attached hydrogen (secondary N) is 1. The summed E-state index contributed by atoms with van der Waals surface area (Å²) >= 11 is 2.59. The normalized spacial score (nSPS) is 14.1. The molecule has 0 unspecified atom stereocenters. The number of fused-ring (bicyclic) bond motifs is 3. The van der Waals surface area contributed by atoms with Gasteiger partial charge in [-0.25, -0.2) is 4.98 Å². The molecule has 0 saturated heterocycles. The molecule has 0 atom stereocenters. The minimum Gasteiger partial charge on any atom is -0.325 e. The van der Waals surface area contributed by atoms with Crippen LogP contribution in [-0.4, -0.2) is 38.7 Å². The number of halogens is 3. The molecule has 3 heterocycles. The summed E-state index contributed by atoms with van der Waals surface area (Å²) in [7, 11) is 0. The van der Waals surface area contributed by atoms with Crippen LogP contribution in [0.4, 0.5) is 18.9 Å². The minimum absolute atomic E-state index is 0.0513. The van der Waals surface area contributed by atoms with Crippen molar-refractivity contribution in [3.63, 3.8) is 0 Å². The summed E-state index contributed by atoms with van der Waals surface area (Å²) in [6.07, 6.45) is -3.74. The topological polar surface area (TPSA) is 67.2 Å². The van der Waals surface area contributed by atoms with Gasteiger partial charge < -0.3 is 5.32 Å². The number of thioether (sulfide) groups is 1. The number of benzene rings is 2. The molecule has 204 valence electrons. The summed E-state index contributed by atoms with van der Waals surface area (Å²) in [4.78, 5) is 35.6. The van der Waals surface area contributed by atoms with E-state index in [1.54, 1.807) is 0 Å². The highest BCUT2D eigenvalue weighted by molar-refractivity contribution is 7.99. The van der Waals surface area contributed by atoms with Gasteiger partial charge in [-0.2, -0.15) is 13.2 Å². The third-order valence-corrected chi connectivity index (χ3v) is 8.75. The maximum absolute atomic E-state index is 13.9. The van der Waals surface area contributed by atoms with Crippen LogP contribution in [0.15, 0.2) is 58.5 Å². The smallest absolute Gasteiger partial charge is 0.325 e. The molecule has 2 aromatic carbocycles. The van der Waals surface area contributed by atoms with Gasteiger partial charge in [0.1, 0.15) is 4.83 Å². The van der Waals surface area contributed by atoms with E-state index in [1.165, 1.54) is 28.0 Å². The van der Waals surface area contributed by atoms with Crippen LogP contribution in [0.25, 0.3) is 15.9 Å². The van der Waals surface area contributed by atoms with Gasteiger partial charge in [0.25, 0.3) is 5.56 Å². The highest BCUT2D eigenvalue weighted by Crippen LogP contribution is 2.35. The van der Waals surface area contributed by atoms with E-state index in [2.05, 4.69) is 24.1 Å². The minimum atomic E-state index is -4.51. The molecule has 1 N–H and O–H groups in total. The van der Waals surface area contributed by atoms with Crippen molar-refractivity contribution < 1.29 is 18.0 Å². The lowest BCUT2D eigenvalue weighted by atomic mass is 10.0. The Bertz CT molecular complexity index is 1590. The van der Waals surface area contributed by atoms with Gasteiger partial charge in [-0.3, -0.25) is 19.1 Å². The largest absolute Gasteiger partial charge is 0.416 e. The molecular formula is C28H27F3N4O2S2. The number of aromatic nitrogens is 2. The van der Waals surface area contributed by atoms with E-state index in [0.29, 0.717) is 27.1 Å². The van der Waals surface area contributed by atoms with E-state index < -0.39 is 17.6 Å². The second kappa shape index (κ2) is 10.8. The number of nitrogens with zero attached hydrogens (tertiary/aromatic N) is 3. The van der Waals surface area contributed by atoms with Gasteiger partial charge in [0.2, 0.25) is 5.91 Å². The number of hydrogen-bond donors (Lipinski definition) is 1. The first kappa shape index (κ1) is 27.4. The van der Waals surface area contributed by atoms with Crippen molar-refractivity contribution in [1.82, 2.24) is 14.5 Å². The van der Waals surface area contributed by atoms with Crippen LogP contribution in [0.1, 0.15) is 35.4 Å². The van der Waals surface area contributed by atoms with Crippen molar-refractivity contribution in [3.05, 3.63) is 80.5 Å². The summed E-state index contributed by atoms with van der Waals surface area (Å²) in [5, 5.41) is 3.50. The molecule has 0 fully saturated rings. The molecule has 0 saturated carbocycles. The molecule has 0 spiro atoms. The Morgan fingerprint density at radius 1 is 1.18 bits per heavy atom. The number of anilines is 1. The fourth-order valence-corrected chi connectivity index (χ4v) is 6.70. The number of hydrogen-bond acceptors (Lipinski definition) is 6. The molecule has 2 aromatic heterocycles. The summed E-state index contributed by atoms with van der Waals surface area (Å²) in [6.45, 7) is 7.89. The third-order valence-electron chi connectivity index (χ3n) is 6.70. The van der Waals surface area contributed by atoms with Crippen molar-refractivity contribution in [2.24, 2.45) is 0 Å². The number of rotatable bonds is 6. The molecule has 39 heavy (non-hydrogen) atoms. The Morgan fingerprint density at radius 3 is 2.62 bits per heavy atom. The van der Waals surface area contributed by atoms with Gasteiger partial charge in [-0.1, -0.05) is 35.5 Å². The molecule has 11 heteroatoms. The Hall–Kier alpha value is -3.15. The van der Waals surface area contributed by atoms with Crippen LogP contribution < -0.4 is 10.9 Å². The number of aryl methyl sites for hydroxylation is 1. The average Bonchev–Trinajstić information content (AvgIpc) is 3.26. The van der Waals surface area contributed by atoms with E-state index in [1.807, 2.05) is 31.2 Å². The quantitative estimate of drug-likeness (QED) is 0.218. The number of carbonyl (C=O) groups is 1. The SMILES string of the molecule is Cc1ccc(-n2c(SCC(=O)Nc3cccc(C(F)(F)F)c3)nc3sc4c(c3c2=O)CCN(C(C)C)C4)cc1. The average molecular weight is 573 g/mol. The third kappa shape index (κ3) is 5.75. The lowest BCUT2D eigenvalue weighted by Gasteiger charge is -2.30. The summed E-state index contributed by atoms with van der Waals surface area (Å²) in [5.74, 6) is -0.631. The Labute approximate surface area is 231 Å². The fourth-order valence-electron chi connectivity index (χ4n) is 4.60. The second-order valence-corrected chi connectivity index (χ2v) is 11.8. The molecular weight excluding hydrogens is 545 g/mol. The molecule has 0 radical (unpaired) electrons. The zero-order chi connectivity index (χ0) is 27.9. The zero-order valence-electron chi connectivity index (χ0n) is 21.6. The van der Waals surface area contributed by atoms with E-state index in [9.17, 15) is 22.8 Å². The molecule has 6 nitrogen and oxygen atoms in total. The van der Waals surface area contributed by atoms with Gasteiger partial charge in [0.15, 0.2) is 5.16 Å². The molecule has 0 bridgehead atoms. The zero-order valence-corrected chi connectivity index (χ0v) is 23.3. The molecule has 1 amide bonds. The second-order valence-electron chi connectivity index (χ2n) is 9.78. The van der Waals surface area contributed by atoms with Crippen LogP contribution in [0.2, 0.25) is 0 Å². The predicted octanol–water partition coefficient (Wildman–Crippen LogP) is 6.27. The van der Waals surface area contributed by atoms with Gasteiger partial charge in [0.05, 0.1) is 22.4 Å². The number of carbonyl (C=O) groups excluding carboxylic acids is 1. The fraction of sp³-hybridized carbons (Fsp3) is 0.321. The first-order valence-corrected chi connectivity index (χ1v) is 14.3. The molecule has 0 aliphatic carbocycles. The van der Waals surface area contributed by atoms with Crippen LogP contribution in [0.5, 0.6) is 0 Å². The van der Waals surface area contributed by atoms with Gasteiger partial charge >= 0.3 is 6.18 Å². The monoisotopic (exact) mass is 572 g/mol. The first-order chi connectivity index (χ1) is 18.5. The summed E-state index contributed by atoms with van der Waals surface area (Å²) in [6, 6.07) is 12.4. The number of alkyl halides is 3. The number of amides is 1.